The lowest BCUT2D eigenvalue weighted by Crippen LogP contribution is -2.12. The molecule has 0 saturated heterocycles. The van der Waals surface area contributed by atoms with Gasteiger partial charge in [0.2, 0.25) is 11.8 Å². The molecule has 5 N–H and O–H groups in total. The molecule has 8 aromatic rings. The Balaban J connectivity index is 1.28. The van der Waals surface area contributed by atoms with Crippen LogP contribution >= 0.6 is 0 Å². The molecule has 296 valence electrons. The number of allylic oxidation sites excluding steroid dienone is 2. The molecule has 0 bridgehead atoms. The summed E-state index contributed by atoms with van der Waals surface area (Å²) in [5.74, 6) is 0.603. The predicted molar refractivity (Wildman–Crippen MR) is 219 cm³/mol. The van der Waals surface area contributed by atoms with Crippen LogP contribution in [0.25, 0.3) is 66.9 Å². The average molecular weight is 783 g/mol. The normalized spacial score (nSPS) is 11.9. The van der Waals surface area contributed by atoms with Crippen LogP contribution in [0.5, 0.6) is 11.5 Å². The third kappa shape index (κ3) is 6.44. The summed E-state index contributed by atoms with van der Waals surface area (Å²) in [4.78, 5) is 44.5. The molecule has 0 aliphatic rings. The number of rotatable bonds is 14. The van der Waals surface area contributed by atoms with Gasteiger partial charge < -0.3 is 35.2 Å². The van der Waals surface area contributed by atoms with Crippen LogP contribution in [0.4, 0.5) is 0 Å². The SMILES string of the molecule is CCn1nc(C)cc1-c1ncc2c3cc(C(N)=O)cc(OC)c3n(C/C=C/Cn3c4nc(-c5cc(C)nn5CC)ncc4c4cc(C(N)=O)cc(OCCO)c43)c2n1. The zero-order chi connectivity index (χ0) is 40.8. The van der Waals surface area contributed by atoms with E-state index in [1.54, 1.807) is 43.8 Å². The molecule has 0 atom stereocenters. The monoisotopic (exact) mass is 782 g/mol. The van der Waals surface area contributed by atoms with Crippen LogP contribution in [0.15, 0.2) is 60.9 Å². The van der Waals surface area contributed by atoms with E-state index in [1.807, 2.05) is 70.5 Å². The molecule has 2 amide bonds. The summed E-state index contributed by atoms with van der Waals surface area (Å²) in [6, 6.07) is 10.6. The smallest absolute Gasteiger partial charge is 0.248 e. The fourth-order valence-electron chi connectivity index (χ4n) is 7.53. The highest BCUT2D eigenvalue weighted by molar-refractivity contribution is 6.13. The Morgan fingerprint density at radius 1 is 0.707 bits per heavy atom. The lowest BCUT2D eigenvalue weighted by atomic mass is 10.1. The van der Waals surface area contributed by atoms with Crippen molar-refractivity contribution in [3.05, 3.63) is 83.5 Å². The number of aryl methyl sites for hydroxylation is 4. The van der Waals surface area contributed by atoms with Crippen LogP contribution in [0.3, 0.4) is 0 Å². The molecule has 0 unspecified atom stereocenters. The van der Waals surface area contributed by atoms with Gasteiger partial charge in [-0.15, -0.1) is 0 Å². The van der Waals surface area contributed by atoms with Crippen molar-refractivity contribution in [1.82, 2.24) is 48.6 Å². The van der Waals surface area contributed by atoms with E-state index in [4.69, 9.17) is 40.9 Å². The molecule has 6 heterocycles. The van der Waals surface area contributed by atoms with E-state index in [-0.39, 0.29) is 18.8 Å². The number of aliphatic hydroxyl groups is 1. The van der Waals surface area contributed by atoms with Crippen molar-refractivity contribution in [1.29, 1.82) is 0 Å². The van der Waals surface area contributed by atoms with E-state index in [0.717, 1.165) is 33.7 Å². The Kier molecular flexibility index (Phi) is 9.82. The maximum absolute atomic E-state index is 12.5. The number of primary amides is 2. The summed E-state index contributed by atoms with van der Waals surface area (Å²) in [7, 11) is 1.55. The van der Waals surface area contributed by atoms with Crippen LogP contribution in [-0.2, 0) is 26.2 Å². The summed E-state index contributed by atoms with van der Waals surface area (Å²) >= 11 is 0. The average Bonchev–Trinajstić information content (AvgIpc) is 3.97. The van der Waals surface area contributed by atoms with Gasteiger partial charge >= 0.3 is 0 Å². The van der Waals surface area contributed by atoms with E-state index in [9.17, 15) is 14.7 Å². The van der Waals surface area contributed by atoms with Gasteiger partial charge in [-0.1, -0.05) is 12.2 Å². The highest BCUT2D eigenvalue weighted by atomic mass is 16.5. The number of hydrogen-bond donors (Lipinski definition) is 3. The molecule has 0 saturated carbocycles. The summed E-state index contributed by atoms with van der Waals surface area (Å²) in [6.07, 6.45) is 7.49. The molecule has 8 rings (SSSR count). The zero-order valence-corrected chi connectivity index (χ0v) is 32.7. The summed E-state index contributed by atoms with van der Waals surface area (Å²) in [5.41, 5.74) is 17.9. The predicted octanol–water partition coefficient (Wildman–Crippen LogP) is 4.70. The highest BCUT2D eigenvalue weighted by Crippen LogP contribution is 2.38. The molecule has 2 aromatic carbocycles. The first-order valence-corrected chi connectivity index (χ1v) is 18.8. The van der Waals surface area contributed by atoms with Crippen LogP contribution in [0.2, 0.25) is 0 Å². The van der Waals surface area contributed by atoms with Crippen LogP contribution < -0.4 is 20.9 Å². The van der Waals surface area contributed by atoms with Gasteiger partial charge in [-0.2, -0.15) is 10.2 Å². The van der Waals surface area contributed by atoms with Gasteiger partial charge in [0.25, 0.3) is 0 Å². The zero-order valence-electron chi connectivity index (χ0n) is 32.7. The molecule has 58 heavy (non-hydrogen) atoms. The van der Waals surface area contributed by atoms with Crippen LogP contribution in [-0.4, -0.2) is 85.9 Å². The molecule has 0 spiro atoms. The van der Waals surface area contributed by atoms with Gasteiger partial charge in [0.1, 0.15) is 40.8 Å². The minimum Gasteiger partial charge on any atom is -0.495 e. The fraction of sp³-hybridized carbons (Fsp3) is 0.268. The van der Waals surface area contributed by atoms with Crippen molar-refractivity contribution >= 4 is 55.7 Å². The van der Waals surface area contributed by atoms with Crippen molar-refractivity contribution in [2.24, 2.45) is 11.5 Å². The molecule has 6 aromatic heterocycles. The first-order chi connectivity index (χ1) is 28.0. The molecule has 17 nitrogen and oxygen atoms in total. The molecule has 0 aliphatic heterocycles. The van der Waals surface area contributed by atoms with E-state index >= 15 is 0 Å². The van der Waals surface area contributed by atoms with Crippen molar-refractivity contribution < 1.29 is 24.2 Å². The molecular formula is C41H42N12O5. The molecular weight excluding hydrogens is 741 g/mol. The number of aliphatic hydroxyl groups excluding tert-OH is 1. The third-order valence-corrected chi connectivity index (χ3v) is 10.1. The number of ether oxygens (including phenoxy) is 2. The second-order valence-corrected chi connectivity index (χ2v) is 13.8. The number of carbonyl (C=O) groups is 2. The van der Waals surface area contributed by atoms with Gasteiger partial charge in [0.05, 0.1) is 36.1 Å². The molecule has 17 heteroatoms. The Morgan fingerprint density at radius 2 is 1.17 bits per heavy atom. The third-order valence-electron chi connectivity index (χ3n) is 10.1. The van der Waals surface area contributed by atoms with Crippen molar-refractivity contribution in [3.63, 3.8) is 0 Å². The fourth-order valence-corrected chi connectivity index (χ4v) is 7.53. The van der Waals surface area contributed by atoms with E-state index in [0.29, 0.717) is 87.9 Å². The number of amides is 2. The first-order valence-electron chi connectivity index (χ1n) is 18.8. The van der Waals surface area contributed by atoms with Crippen molar-refractivity contribution in [2.45, 2.75) is 53.9 Å². The Labute approximate surface area is 331 Å². The molecule has 0 aliphatic carbocycles. The number of benzene rings is 2. The number of hydrogen-bond acceptors (Lipinski definition) is 11. The van der Waals surface area contributed by atoms with Crippen LogP contribution in [0.1, 0.15) is 46.0 Å². The number of carbonyl (C=O) groups excluding carboxylic acids is 2. The van der Waals surface area contributed by atoms with E-state index in [2.05, 4.69) is 10.2 Å². The maximum Gasteiger partial charge on any atom is 0.248 e. The minimum atomic E-state index is -0.623. The summed E-state index contributed by atoms with van der Waals surface area (Å²) < 4.78 is 19.6. The maximum atomic E-state index is 12.5. The second kappa shape index (κ2) is 15.1. The topological polar surface area (TPSA) is 222 Å². The van der Waals surface area contributed by atoms with Gasteiger partial charge in [0, 0.05) is 71.2 Å². The quantitative estimate of drug-likeness (QED) is 0.128. The molecule has 0 fully saturated rings. The minimum absolute atomic E-state index is 0.00386. The second-order valence-electron chi connectivity index (χ2n) is 13.8. The van der Waals surface area contributed by atoms with Gasteiger partial charge in [-0.05, 0) is 64.1 Å². The standard InChI is InChI=1S/C41H42N12O5/c1-6-52-30(14-22(3)48-52)38-44-20-28-26-16-24(36(42)55)18-32(57-5)34(26)50(40(28)46-38)10-8-9-11-51-35-27(17-25(37(43)56)19-33(35)58-13-12-54)29-21-45-39(47-41(29)51)31-15-23(4)49-53(31)7-2/h8-9,14-21,54H,6-7,10-13H2,1-5H3,(H2,42,55)(H2,43,56)/b9-8+. The van der Waals surface area contributed by atoms with Gasteiger partial charge in [-0.25, -0.2) is 19.9 Å². The van der Waals surface area contributed by atoms with E-state index in [1.165, 1.54) is 0 Å². The van der Waals surface area contributed by atoms with Crippen molar-refractivity contribution in [3.8, 4) is 34.5 Å². The largest absolute Gasteiger partial charge is 0.495 e. The Hall–Kier alpha value is -7.14. The number of methoxy groups -OCH3 is 1. The number of fused-ring (bicyclic) bond motifs is 6. The lowest BCUT2D eigenvalue weighted by molar-refractivity contribution is 0.0991. The van der Waals surface area contributed by atoms with Gasteiger partial charge in [-0.3, -0.25) is 19.0 Å². The summed E-state index contributed by atoms with van der Waals surface area (Å²) in [5, 5.41) is 21.7. The number of aromatic nitrogens is 10. The number of nitrogens with zero attached hydrogens (tertiary/aromatic N) is 10. The van der Waals surface area contributed by atoms with Crippen molar-refractivity contribution in [2.75, 3.05) is 20.3 Å². The summed E-state index contributed by atoms with van der Waals surface area (Å²) in [6.45, 7) is 9.56. The lowest BCUT2D eigenvalue weighted by Gasteiger charge is -2.12. The number of nitrogens with two attached hydrogens (primary N) is 2. The Morgan fingerprint density at radius 3 is 1.60 bits per heavy atom. The molecule has 0 radical (unpaired) electrons. The van der Waals surface area contributed by atoms with Gasteiger partial charge in [0.15, 0.2) is 11.6 Å². The van der Waals surface area contributed by atoms with Crippen LogP contribution in [0, 0.1) is 13.8 Å². The van der Waals surface area contributed by atoms with E-state index < -0.39 is 11.8 Å². The Bertz CT molecular complexity index is 2950. The first kappa shape index (κ1) is 37.8. The highest BCUT2D eigenvalue weighted by Gasteiger charge is 2.23.